The summed E-state index contributed by atoms with van der Waals surface area (Å²) in [5, 5.41) is 17.8. The lowest BCUT2D eigenvalue weighted by Crippen LogP contribution is -2.45. The van der Waals surface area contributed by atoms with Crippen molar-refractivity contribution in [2.75, 3.05) is 13.1 Å². The van der Waals surface area contributed by atoms with Crippen molar-refractivity contribution >= 4 is 12.0 Å². The van der Waals surface area contributed by atoms with Crippen LogP contribution in [0, 0.1) is 0 Å². The second-order valence-corrected chi connectivity index (χ2v) is 5.94. The monoisotopic (exact) mass is 371 g/mol. The first kappa shape index (κ1) is 21.8. The summed E-state index contributed by atoms with van der Waals surface area (Å²) in [6.45, 7) is 1.06. The zero-order valence-corrected chi connectivity index (χ0v) is 14.8. The second-order valence-electron chi connectivity index (χ2n) is 5.94. The van der Waals surface area contributed by atoms with Crippen LogP contribution in [0.1, 0.15) is 56.3 Å². The van der Waals surface area contributed by atoms with Crippen LogP contribution in [0.15, 0.2) is 4.52 Å². The van der Waals surface area contributed by atoms with Crippen molar-refractivity contribution in [3.63, 3.8) is 0 Å². The molecule has 0 saturated heterocycles. The minimum absolute atomic E-state index is 0.0243. The Labute approximate surface area is 152 Å². The lowest BCUT2D eigenvalue weighted by Gasteiger charge is -2.14. The van der Waals surface area contributed by atoms with Gasteiger partial charge in [-0.25, -0.2) is 9.59 Å². The highest BCUT2D eigenvalue weighted by Gasteiger charge is 2.20. The summed E-state index contributed by atoms with van der Waals surface area (Å²) in [6.07, 6.45) is 4.04. The number of aliphatic carboxylic acids is 1. The zero-order valence-electron chi connectivity index (χ0n) is 14.8. The van der Waals surface area contributed by atoms with Gasteiger partial charge in [-0.2, -0.15) is 4.98 Å². The van der Waals surface area contributed by atoms with Crippen LogP contribution in [-0.2, 0) is 11.3 Å². The summed E-state index contributed by atoms with van der Waals surface area (Å²) < 4.78 is 5.04. The molecule has 0 spiro atoms. The molecule has 2 amide bonds. The average molecular weight is 371 g/mol. The van der Waals surface area contributed by atoms with Crippen LogP contribution < -0.4 is 27.8 Å². The molecule has 0 aliphatic rings. The maximum atomic E-state index is 11.8. The van der Waals surface area contributed by atoms with E-state index >= 15 is 0 Å². The van der Waals surface area contributed by atoms with Gasteiger partial charge < -0.3 is 37.5 Å². The van der Waals surface area contributed by atoms with Gasteiger partial charge in [0.15, 0.2) is 5.82 Å². The standard InChI is InChI=1S/C15H29N7O4/c16-7-3-1-5-10(18)13-21-12(26-22-13)9-19-15(25)20-11(14(23)24)6-2-4-8-17/h10-11H,1-9,16-18H2,(H,23,24)(H2,19,20,25). The summed E-state index contributed by atoms with van der Waals surface area (Å²) in [4.78, 5) is 27.1. The molecule has 11 heteroatoms. The Morgan fingerprint density at radius 1 is 1.12 bits per heavy atom. The lowest BCUT2D eigenvalue weighted by atomic mass is 10.1. The molecule has 0 bridgehead atoms. The van der Waals surface area contributed by atoms with Crippen LogP contribution >= 0.6 is 0 Å². The third-order valence-electron chi connectivity index (χ3n) is 3.74. The van der Waals surface area contributed by atoms with Crippen molar-refractivity contribution in [1.29, 1.82) is 0 Å². The van der Waals surface area contributed by atoms with Gasteiger partial charge in [-0.3, -0.25) is 0 Å². The fourth-order valence-corrected chi connectivity index (χ4v) is 2.24. The van der Waals surface area contributed by atoms with Gasteiger partial charge in [0.05, 0.1) is 12.6 Å². The van der Waals surface area contributed by atoms with E-state index in [0.29, 0.717) is 44.6 Å². The molecule has 0 saturated carbocycles. The third kappa shape index (κ3) is 8.23. The first-order valence-electron chi connectivity index (χ1n) is 8.73. The van der Waals surface area contributed by atoms with Crippen molar-refractivity contribution in [2.45, 2.75) is 57.2 Å². The van der Waals surface area contributed by atoms with E-state index < -0.39 is 18.0 Å². The SMILES string of the molecule is NCCCCC(NC(=O)NCc1nc(C(N)CCCCN)no1)C(=O)O. The number of nitrogens with zero attached hydrogens (tertiary/aromatic N) is 2. The molecule has 2 unspecified atom stereocenters. The number of hydrogen-bond acceptors (Lipinski definition) is 8. The number of carboxylic acids is 1. The number of nitrogens with one attached hydrogen (secondary N) is 2. The summed E-state index contributed by atoms with van der Waals surface area (Å²) in [5.74, 6) is -0.537. The molecule has 2 atom stereocenters. The molecule has 0 aromatic carbocycles. The molecule has 26 heavy (non-hydrogen) atoms. The number of unbranched alkanes of at least 4 members (excludes halogenated alkanes) is 2. The average Bonchev–Trinajstić information content (AvgIpc) is 3.08. The predicted octanol–water partition coefficient (Wildman–Crippen LogP) is -0.420. The maximum absolute atomic E-state index is 11.8. The van der Waals surface area contributed by atoms with Crippen LogP contribution in [0.4, 0.5) is 4.79 Å². The van der Waals surface area contributed by atoms with Gasteiger partial charge in [0.2, 0.25) is 5.89 Å². The Morgan fingerprint density at radius 2 is 1.77 bits per heavy atom. The number of hydrogen-bond donors (Lipinski definition) is 6. The van der Waals surface area contributed by atoms with Crippen molar-refractivity contribution in [3.8, 4) is 0 Å². The highest BCUT2D eigenvalue weighted by atomic mass is 16.5. The van der Waals surface area contributed by atoms with Crippen LogP contribution in [-0.4, -0.2) is 46.4 Å². The quantitative estimate of drug-likeness (QED) is 0.249. The van der Waals surface area contributed by atoms with Gasteiger partial charge in [-0.1, -0.05) is 11.6 Å². The van der Waals surface area contributed by atoms with Gasteiger partial charge in [0, 0.05) is 0 Å². The predicted molar refractivity (Wildman–Crippen MR) is 93.8 cm³/mol. The molecule has 0 fully saturated rings. The van der Waals surface area contributed by atoms with Gasteiger partial charge in [0.25, 0.3) is 0 Å². The van der Waals surface area contributed by atoms with E-state index in [1.807, 2.05) is 0 Å². The number of nitrogens with two attached hydrogens (primary N) is 3. The maximum Gasteiger partial charge on any atom is 0.326 e. The Kier molecular flexibility index (Phi) is 10.2. The summed E-state index contributed by atoms with van der Waals surface area (Å²) in [5.41, 5.74) is 16.8. The summed E-state index contributed by atoms with van der Waals surface area (Å²) in [7, 11) is 0. The molecule has 1 rings (SSSR count). The molecule has 0 aliphatic carbocycles. The van der Waals surface area contributed by atoms with E-state index in [2.05, 4.69) is 20.8 Å². The topological polar surface area (TPSA) is 195 Å². The number of rotatable bonds is 13. The molecular formula is C15H29N7O4. The summed E-state index contributed by atoms with van der Waals surface area (Å²) in [6, 6.07) is -1.96. The third-order valence-corrected chi connectivity index (χ3v) is 3.74. The Bertz CT molecular complexity index is 552. The first-order valence-corrected chi connectivity index (χ1v) is 8.73. The molecule has 1 heterocycles. The largest absolute Gasteiger partial charge is 0.480 e. The van der Waals surface area contributed by atoms with Gasteiger partial charge in [-0.05, 0) is 45.2 Å². The van der Waals surface area contributed by atoms with Crippen molar-refractivity contribution in [2.24, 2.45) is 17.2 Å². The van der Waals surface area contributed by atoms with E-state index in [-0.39, 0.29) is 18.5 Å². The van der Waals surface area contributed by atoms with E-state index in [1.54, 1.807) is 0 Å². The molecule has 0 radical (unpaired) electrons. The highest BCUT2D eigenvalue weighted by Crippen LogP contribution is 2.13. The highest BCUT2D eigenvalue weighted by molar-refractivity contribution is 5.82. The Hall–Kier alpha value is -2.24. The number of amides is 2. The molecule has 1 aromatic heterocycles. The second kappa shape index (κ2) is 12.2. The fourth-order valence-electron chi connectivity index (χ4n) is 2.24. The van der Waals surface area contributed by atoms with Crippen LogP contribution in [0.25, 0.3) is 0 Å². The zero-order chi connectivity index (χ0) is 19.4. The molecule has 148 valence electrons. The van der Waals surface area contributed by atoms with Crippen LogP contribution in [0.2, 0.25) is 0 Å². The molecule has 1 aromatic rings. The first-order chi connectivity index (χ1) is 12.5. The number of urea groups is 1. The van der Waals surface area contributed by atoms with E-state index in [0.717, 1.165) is 12.8 Å². The molecule has 9 N–H and O–H groups in total. The van der Waals surface area contributed by atoms with E-state index in [1.165, 1.54) is 0 Å². The lowest BCUT2D eigenvalue weighted by molar-refractivity contribution is -0.139. The van der Waals surface area contributed by atoms with Crippen molar-refractivity contribution < 1.29 is 19.2 Å². The fraction of sp³-hybridized carbons (Fsp3) is 0.733. The van der Waals surface area contributed by atoms with Crippen molar-refractivity contribution in [1.82, 2.24) is 20.8 Å². The summed E-state index contributed by atoms with van der Waals surface area (Å²) >= 11 is 0. The van der Waals surface area contributed by atoms with Crippen LogP contribution in [0.3, 0.4) is 0 Å². The van der Waals surface area contributed by atoms with Crippen LogP contribution in [0.5, 0.6) is 0 Å². The van der Waals surface area contributed by atoms with E-state index in [4.69, 9.17) is 26.8 Å². The number of carbonyl (C=O) groups is 2. The van der Waals surface area contributed by atoms with Gasteiger partial charge in [0.1, 0.15) is 6.04 Å². The van der Waals surface area contributed by atoms with Crippen molar-refractivity contribution in [3.05, 3.63) is 11.7 Å². The minimum Gasteiger partial charge on any atom is -0.480 e. The number of aromatic nitrogens is 2. The molecule has 11 nitrogen and oxygen atoms in total. The number of carbonyl (C=O) groups excluding carboxylic acids is 1. The molecule has 0 aliphatic heterocycles. The van der Waals surface area contributed by atoms with E-state index in [9.17, 15) is 9.59 Å². The smallest absolute Gasteiger partial charge is 0.326 e. The van der Waals surface area contributed by atoms with Gasteiger partial charge in [-0.15, -0.1) is 0 Å². The Balaban J connectivity index is 2.40. The Morgan fingerprint density at radius 3 is 2.38 bits per heavy atom. The number of carboxylic acid groups (broad SMARTS) is 1. The van der Waals surface area contributed by atoms with Gasteiger partial charge >= 0.3 is 12.0 Å². The normalized spacial score (nSPS) is 13.2. The molecular weight excluding hydrogens is 342 g/mol. The minimum atomic E-state index is -1.10.